The maximum atomic E-state index is 12.9. The van der Waals surface area contributed by atoms with Crippen LogP contribution in [0.2, 0.25) is 0 Å². The van der Waals surface area contributed by atoms with Crippen LogP contribution in [0.25, 0.3) is 6.08 Å². The van der Waals surface area contributed by atoms with E-state index in [1.165, 1.54) is 42.5 Å². The fourth-order valence-corrected chi connectivity index (χ4v) is 2.30. The molecule has 4 nitrogen and oxygen atoms in total. The summed E-state index contributed by atoms with van der Waals surface area (Å²) in [6, 6.07) is 11.7. The van der Waals surface area contributed by atoms with Gasteiger partial charge in [-0.15, -0.1) is 0 Å². The van der Waals surface area contributed by atoms with Crippen molar-refractivity contribution in [2.45, 2.75) is 6.18 Å². The highest BCUT2D eigenvalue weighted by molar-refractivity contribution is 6.30. The molecule has 3 rings (SSSR count). The Kier molecular flexibility index (Phi) is 4.31. The van der Waals surface area contributed by atoms with E-state index in [0.29, 0.717) is 11.5 Å². The molecule has 0 saturated carbocycles. The van der Waals surface area contributed by atoms with Gasteiger partial charge in [0, 0.05) is 5.56 Å². The fourth-order valence-electron chi connectivity index (χ4n) is 2.30. The quantitative estimate of drug-likeness (QED) is 0.365. The zero-order chi connectivity index (χ0) is 18.0. The van der Waals surface area contributed by atoms with Crippen LogP contribution >= 0.6 is 0 Å². The molecule has 0 fully saturated rings. The molecular formula is C18H11F3O4. The number of hydrogen-bond donors (Lipinski definition) is 0. The highest BCUT2D eigenvalue weighted by Gasteiger charge is 2.43. The Balaban J connectivity index is 2.05. The van der Waals surface area contributed by atoms with Crippen molar-refractivity contribution in [3.05, 3.63) is 65.2 Å². The molecule has 0 spiro atoms. The molecule has 1 heterocycles. The van der Waals surface area contributed by atoms with Crippen LogP contribution in [0.15, 0.2) is 54.1 Å². The Hall–Kier alpha value is -3.09. The second kappa shape index (κ2) is 6.43. The van der Waals surface area contributed by atoms with Gasteiger partial charge in [0.15, 0.2) is 17.3 Å². The number of benzene rings is 2. The van der Waals surface area contributed by atoms with Gasteiger partial charge in [0.05, 0.1) is 5.57 Å². The van der Waals surface area contributed by atoms with Crippen LogP contribution in [0.4, 0.5) is 13.2 Å². The van der Waals surface area contributed by atoms with Crippen LogP contribution in [0.3, 0.4) is 0 Å². The van der Waals surface area contributed by atoms with Crippen molar-refractivity contribution < 1.29 is 32.2 Å². The number of hydrogen-bond acceptors (Lipinski definition) is 4. The summed E-state index contributed by atoms with van der Waals surface area (Å²) in [5.41, 5.74) is -0.745. The van der Waals surface area contributed by atoms with Gasteiger partial charge in [0.25, 0.3) is 5.78 Å². The molecule has 0 N–H and O–H groups in total. The van der Waals surface area contributed by atoms with Gasteiger partial charge in [-0.1, -0.05) is 36.4 Å². The number of carbonyl (C=O) groups excluding carboxylic acids is 2. The first-order valence-electron chi connectivity index (χ1n) is 7.19. The van der Waals surface area contributed by atoms with Crippen molar-refractivity contribution in [3.8, 4) is 11.5 Å². The topological polar surface area (TPSA) is 52.6 Å². The number of rotatable bonds is 4. The second-order valence-electron chi connectivity index (χ2n) is 5.19. The maximum Gasteiger partial charge on any atom is 0.455 e. The SMILES string of the molecule is O=C(/C(=C/c1ccc2c(c1)OCO2)C(=O)C(F)(F)F)c1ccccc1. The van der Waals surface area contributed by atoms with Crippen molar-refractivity contribution >= 4 is 17.6 Å². The molecule has 0 aromatic heterocycles. The molecule has 2 aromatic rings. The van der Waals surface area contributed by atoms with Gasteiger partial charge in [0.2, 0.25) is 6.79 Å². The Morgan fingerprint density at radius 3 is 2.32 bits per heavy atom. The number of allylic oxidation sites excluding steroid dienone is 1. The van der Waals surface area contributed by atoms with Gasteiger partial charge < -0.3 is 9.47 Å². The van der Waals surface area contributed by atoms with E-state index in [1.807, 2.05) is 0 Å². The Morgan fingerprint density at radius 1 is 0.960 bits per heavy atom. The lowest BCUT2D eigenvalue weighted by Crippen LogP contribution is -2.28. The minimum atomic E-state index is -5.16. The highest BCUT2D eigenvalue weighted by atomic mass is 19.4. The van der Waals surface area contributed by atoms with Gasteiger partial charge in [-0.05, 0) is 23.8 Å². The smallest absolute Gasteiger partial charge is 0.454 e. The average molecular weight is 348 g/mol. The van der Waals surface area contributed by atoms with E-state index < -0.39 is 23.3 Å². The highest BCUT2D eigenvalue weighted by Crippen LogP contribution is 2.34. The number of alkyl halides is 3. The number of ether oxygens (including phenoxy) is 2. The van der Waals surface area contributed by atoms with Crippen molar-refractivity contribution in [2.75, 3.05) is 6.79 Å². The average Bonchev–Trinajstić information content (AvgIpc) is 3.06. The lowest BCUT2D eigenvalue weighted by Gasteiger charge is -2.09. The molecule has 0 saturated heterocycles. The molecule has 1 aliphatic rings. The number of fused-ring (bicyclic) bond motifs is 1. The monoisotopic (exact) mass is 348 g/mol. The van der Waals surface area contributed by atoms with E-state index in [9.17, 15) is 22.8 Å². The summed E-state index contributed by atoms with van der Waals surface area (Å²) in [6.45, 7) is -0.000213. The largest absolute Gasteiger partial charge is 0.455 e. The Labute approximate surface area is 140 Å². The van der Waals surface area contributed by atoms with Crippen LogP contribution in [-0.4, -0.2) is 24.5 Å². The van der Waals surface area contributed by atoms with E-state index >= 15 is 0 Å². The molecule has 0 amide bonds. The summed E-state index contributed by atoms with van der Waals surface area (Å²) in [7, 11) is 0. The minimum absolute atomic E-state index is 0.000213. The first-order valence-corrected chi connectivity index (χ1v) is 7.19. The first-order chi connectivity index (χ1) is 11.9. The van der Waals surface area contributed by atoms with Crippen LogP contribution in [0.1, 0.15) is 15.9 Å². The molecule has 0 atom stereocenters. The van der Waals surface area contributed by atoms with Crippen LogP contribution < -0.4 is 9.47 Å². The standard InChI is InChI=1S/C18H11F3O4/c19-18(20,21)17(23)13(16(22)12-4-2-1-3-5-12)8-11-6-7-14-15(9-11)25-10-24-14/h1-9H,10H2/b13-8-. The van der Waals surface area contributed by atoms with E-state index in [-0.39, 0.29) is 17.9 Å². The van der Waals surface area contributed by atoms with Crippen molar-refractivity contribution in [1.82, 2.24) is 0 Å². The molecule has 128 valence electrons. The van der Waals surface area contributed by atoms with Gasteiger partial charge in [-0.3, -0.25) is 9.59 Å². The molecule has 0 unspecified atom stereocenters. The fraction of sp³-hybridized carbons (Fsp3) is 0.111. The van der Waals surface area contributed by atoms with E-state index in [1.54, 1.807) is 6.07 Å². The normalized spacial score (nSPS) is 13.6. The van der Waals surface area contributed by atoms with E-state index in [0.717, 1.165) is 6.08 Å². The molecular weight excluding hydrogens is 337 g/mol. The zero-order valence-corrected chi connectivity index (χ0v) is 12.7. The van der Waals surface area contributed by atoms with Crippen molar-refractivity contribution in [1.29, 1.82) is 0 Å². The Morgan fingerprint density at radius 2 is 1.64 bits per heavy atom. The molecule has 0 aliphatic carbocycles. The Bertz CT molecular complexity index is 854. The summed E-state index contributed by atoms with van der Waals surface area (Å²) in [4.78, 5) is 24.2. The number of halogens is 3. The molecule has 0 radical (unpaired) electrons. The third kappa shape index (κ3) is 3.55. The van der Waals surface area contributed by atoms with Crippen LogP contribution in [-0.2, 0) is 4.79 Å². The lowest BCUT2D eigenvalue weighted by molar-refractivity contribution is -0.166. The van der Waals surface area contributed by atoms with E-state index in [4.69, 9.17) is 9.47 Å². The second-order valence-corrected chi connectivity index (χ2v) is 5.19. The lowest BCUT2D eigenvalue weighted by atomic mass is 9.97. The molecule has 2 aromatic carbocycles. The molecule has 0 bridgehead atoms. The number of carbonyl (C=O) groups is 2. The number of ketones is 2. The first kappa shape index (κ1) is 16.8. The summed E-state index contributed by atoms with van der Waals surface area (Å²) in [6.07, 6.45) is -4.25. The number of Topliss-reactive ketones (excluding diaryl/α,β-unsaturated/α-hetero) is 2. The van der Waals surface area contributed by atoms with Crippen molar-refractivity contribution in [3.63, 3.8) is 0 Å². The summed E-state index contributed by atoms with van der Waals surface area (Å²) < 4.78 is 49.0. The molecule has 1 aliphatic heterocycles. The maximum absolute atomic E-state index is 12.9. The zero-order valence-electron chi connectivity index (χ0n) is 12.7. The molecule has 25 heavy (non-hydrogen) atoms. The van der Waals surface area contributed by atoms with E-state index in [2.05, 4.69) is 0 Å². The van der Waals surface area contributed by atoms with Crippen molar-refractivity contribution in [2.24, 2.45) is 0 Å². The van der Waals surface area contributed by atoms with Gasteiger partial charge in [-0.2, -0.15) is 13.2 Å². The van der Waals surface area contributed by atoms with Crippen LogP contribution in [0, 0.1) is 0 Å². The molecule has 7 heteroatoms. The third-order valence-electron chi connectivity index (χ3n) is 3.49. The van der Waals surface area contributed by atoms with Gasteiger partial charge >= 0.3 is 6.18 Å². The predicted octanol–water partition coefficient (Wildman–Crippen LogP) is 3.81. The van der Waals surface area contributed by atoms with Gasteiger partial charge in [-0.25, -0.2) is 0 Å². The van der Waals surface area contributed by atoms with Crippen LogP contribution in [0.5, 0.6) is 11.5 Å². The minimum Gasteiger partial charge on any atom is -0.454 e. The van der Waals surface area contributed by atoms with Gasteiger partial charge in [0.1, 0.15) is 0 Å². The summed E-state index contributed by atoms with van der Waals surface area (Å²) >= 11 is 0. The summed E-state index contributed by atoms with van der Waals surface area (Å²) in [5, 5.41) is 0. The third-order valence-corrected chi connectivity index (χ3v) is 3.49. The predicted molar refractivity (Wildman–Crippen MR) is 82.4 cm³/mol. The summed E-state index contributed by atoms with van der Waals surface area (Å²) in [5.74, 6) is -2.42.